The van der Waals surface area contributed by atoms with Gasteiger partial charge in [0.05, 0.1) is 30.9 Å². The molecule has 0 spiro atoms. The smallest absolute Gasteiger partial charge is 0.226 e. The molecule has 4 N–H and O–H groups in total. The van der Waals surface area contributed by atoms with Crippen LogP contribution in [0.3, 0.4) is 0 Å². The second-order valence-electron chi connectivity index (χ2n) is 7.79. The van der Waals surface area contributed by atoms with E-state index in [4.69, 9.17) is 25.5 Å². The second-order valence-corrected chi connectivity index (χ2v) is 7.79. The Hall–Kier alpha value is -3.71. The minimum absolute atomic E-state index is 0.0210. The number of nitrogens with zero attached hydrogens (tertiary/aromatic N) is 5. The lowest BCUT2D eigenvalue weighted by Crippen LogP contribution is -2.47. The third kappa shape index (κ3) is 3.87. The number of nitriles is 1. The second kappa shape index (κ2) is 7.85. The van der Waals surface area contributed by atoms with Crippen molar-refractivity contribution in [3.8, 4) is 29.0 Å². The Bertz CT molecular complexity index is 1130. The fourth-order valence-electron chi connectivity index (χ4n) is 3.49. The van der Waals surface area contributed by atoms with Crippen molar-refractivity contribution in [1.29, 1.82) is 5.26 Å². The van der Waals surface area contributed by atoms with Crippen molar-refractivity contribution < 1.29 is 9.47 Å². The number of methoxy groups -OCH3 is 1. The van der Waals surface area contributed by atoms with E-state index in [0.29, 0.717) is 40.4 Å². The zero-order valence-electron chi connectivity index (χ0n) is 17.0. The van der Waals surface area contributed by atoms with E-state index in [1.807, 2.05) is 18.2 Å². The molecule has 0 saturated heterocycles. The predicted molar refractivity (Wildman–Crippen MR) is 112 cm³/mol. The van der Waals surface area contributed by atoms with E-state index in [0.717, 1.165) is 31.4 Å². The minimum Gasteiger partial charge on any atom is -0.488 e. The van der Waals surface area contributed by atoms with Crippen LogP contribution in [0.5, 0.6) is 11.6 Å². The summed E-state index contributed by atoms with van der Waals surface area (Å²) in [5, 5.41) is 19.3. The van der Waals surface area contributed by atoms with Crippen LogP contribution >= 0.6 is 0 Å². The van der Waals surface area contributed by atoms with Gasteiger partial charge in [0.25, 0.3) is 0 Å². The number of hydrogen-bond donors (Lipinski definition) is 3. The van der Waals surface area contributed by atoms with Crippen LogP contribution in [0.2, 0.25) is 0 Å². The van der Waals surface area contributed by atoms with Crippen LogP contribution in [-0.2, 0) is 0 Å². The molecule has 0 amide bonds. The first kappa shape index (κ1) is 19.3. The van der Waals surface area contributed by atoms with Gasteiger partial charge in [-0.15, -0.1) is 0 Å². The summed E-state index contributed by atoms with van der Waals surface area (Å²) in [6.07, 6.45) is 6.99. The molecular formula is C21H22N8O2. The van der Waals surface area contributed by atoms with Crippen molar-refractivity contribution in [1.82, 2.24) is 25.1 Å². The SMILES string of the molecule is COc1nc(C2CC2)cc(O[C@H]2CC[C@H]2N)c1-c1cc(Nc2cnc(C#N)cn2)n[nH]1. The summed E-state index contributed by atoms with van der Waals surface area (Å²) >= 11 is 0. The number of rotatable bonds is 7. The van der Waals surface area contributed by atoms with Gasteiger partial charge in [-0.1, -0.05) is 0 Å². The normalized spacial score (nSPS) is 19.9. The molecule has 0 bridgehead atoms. The van der Waals surface area contributed by atoms with Gasteiger partial charge in [0, 0.05) is 24.1 Å². The summed E-state index contributed by atoms with van der Waals surface area (Å²) in [5.74, 6) is 2.65. The molecule has 0 unspecified atom stereocenters. The zero-order chi connectivity index (χ0) is 21.4. The van der Waals surface area contributed by atoms with Gasteiger partial charge in [-0.2, -0.15) is 10.4 Å². The van der Waals surface area contributed by atoms with Crippen LogP contribution in [0.15, 0.2) is 24.5 Å². The summed E-state index contributed by atoms with van der Waals surface area (Å²) in [6.45, 7) is 0. The molecule has 3 aromatic heterocycles. The van der Waals surface area contributed by atoms with Crippen LogP contribution in [0.4, 0.5) is 11.6 Å². The molecule has 3 aromatic rings. The first-order valence-electron chi connectivity index (χ1n) is 10.2. The van der Waals surface area contributed by atoms with Gasteiger partial charge in [-0.3, -0.25) is 5.10 Å². The molecule has 2 aliphatic carbocycles. The number of hydrogen-bond acceptors (Lipinski definition) is 9. The maximum atomic E-state index is 8.85. The zero-order valence-corrected chi connectivity index (χ0v) is 17.0. The van der Waals surface area contributed by atoms with Gasteiger partial charge in [0.2, 0.25) is 5.88 Å². The van der Waals surface area contributed by atoms with E-state index < -0.39 is 0 Å². The fourth-order valence-corrected chi connectivity index (χ4v) is 3.49. The number of pyridine rings is 1. The Morgan fingerprint density at radius 3 is 2.65 bits per heavy atom. The fraction of sp³-hybridized carbons (Fsp3) is 0.381. The van der Waals surface area contributed by atoms with Crippen LogP contribution in [-0.4, -0.2) is 44.4 Å². The van der Waals surface area contributed by atoms with Crippen molar-refractivity contribution in [3.63, 3.8) is 0 Å². The Balaban J connectivity index is 1.47. The minimum atomic E-state index is -0.0210. The van der Waals surface area contributed by atoms with Crippen molar-refractivity contribution in [2.45, 2.75) is 43.7 Å². The maximum absolute atomic E-state index is 8.85. The number of aromatic nitrogens is 5. The molecule has 2 fully saturated rings. The molecule has 10 nitrogen and oxygen atoms in total. The van der Waals surface area contributed by atoms with E-state index in [9.17, 15) is 0 Å². The van der Waals surface area contributed by atoms with Crippen LogP contribution in [0.1, 0.15) is 43.0 Å². The Labute approximate surface area is 178 Å². The highest BCUT2D eigenvalue weighted by atomic mass is 16.5. The lowest BCUT2D eigenvalue weighted by molar-refractivity contribution is 0.0933. The quantitative estimate of drug-likeness (QED) is 0.526. The first-order valence-corrected chi connectivity index (χ1v) is 10.2. The molecule has 0 radical (unpaired) electrons. The lowest BCUT2D eigenvalue weighted by atomic mass is 9.90. The molecule has 3 heterocycles. The molecule has 2 saturated carbocycles. The van der Waals surface area contributed by atoms with E-state index in [2.05, 4.69) is 25.5 Å². The van der Waals surface area contributed by atoms with E-state index in [1.165, 1.54) is 12.4 Å². The van der Waals surface area contributed by atoms with Gasteiger partial charge in [-0.25, -0.2) is 15.0 Å². The molecular weight excluding hydrogens is 396 g/mol. The molecule has 158 valence electrons. The van der Waals surface area contributed by atoms with Crippen molar-refractivity contribution in [3.05, 3.63) is 35.9 Å². The van der Waals surface area contributed by atoms with Crippen molar-refractivity contribution in [2.24, 2.45) is 5.73 Å². The summed E-state index contributed by atoms with van der Waals surface area (Å²) < 4.78 is 11.9. The third-order valence-electron chi connectivity index (χ3n) is 5.57. The van der Waals surface area contributed by atoms with Crippen molar-refractivity contribution in [2.75, 3.05) is 12.4 Å². The topological polar surface area (TPSA) is 148 Å². The number of aromatic amines is 1. The Morgan fingerprint density at radius 1 is 1.16 bits per heavy atom. The monoisotopic (exact) mass is 418 g/mol. The summed E-state index contributed by atoms with van der Waals surface area (Å²) in [4.78, 5) is 12.9. The molecule has 2 atom stereocenters. The average molecular weight is 418 g/mol. The largest absolute Gasteiger partial charge is 0.488 e. The van der Waals surface area contributed by atoms with Gasteiger partial charge < -0.3 is 20.5 Å². The van der Waals surface area contributed by atoms with Crippen LogP contribution in [0.25, 0.3) is 11.3 Å². The molecule has 5 rings (SSSR count). The molecule has 0 aliphatic heterocycles. The van der Waals surface area contributed by atoms with E-state index in [1.54, 1.807) is 7.11 Å². The number of nitrogens with two attached hydrogens (primary N) is 1. The van der Waals surface area contributed by atoms with Gasteiger partial charge in [-0.05, 0) is 25.7 Å². The third-order valence-corrected chi connectivity index (χ3v) is 5.57. The Morgan fingerprint density at radius 2 is 2.03 bits per heavy atom. The van der Waals surface area contributed by atoms with Gasteiger partial charge in [0.1, 0.15) is 29.3 Å². The number of H-pyrrole nitrogens is 1. The summed E-state index contributed by atoms with van der Waals surface area (Å²) in [6, 6.07) is 5.80. The summed E-state index contributed by atoms with van der Waals surface area (Å²) in [5.41, 5.74) is 8.74. The molecule has 2 aliphatic rings. The molecule has 31 heavy (non-hydrogen) atoms. The highest BCUT2D eigenvalue weighted by Gasteiger charge is 2.33. The van der Waals surface area contributed by atoms with E-state index >= 15 is 0 Å². The average Bonchev–Trinajstić information content (AvgIpc) is 3.55. The highest BCUT2D eigenvalue weighted by Crippen LogP contribution is 2.46. The maximum Gasteiger partial charge on any atom is 0.226 e. The van der Waals surface area contributed by atoms with E-state index in [-0.39, 0.29) is 17.8 Å². The lowest BCUT2D eigenvalue weighted by Gasteiger charge is -2.34. The molecule has 10 heteroatoms. The Kier molecular flexibility index (Phi) is 4.88. The van der Waals surface area contributed by atoms with Crippen LogP contribution < -0.4 is 20.5 Å². The highest BCUT2D eigenvalue weighted by molar-refractivity contribution is 5.75. The number of ether oxygens (including phenoxy) is 2. The predicted octanol–water partition coefficient (Wildman–Crippen LogP) is 2.63. The number of anilines is 2. The van der Waals surface area contributed by atoms with Gasteiger partial charge in [0.15, 0.2) is 11.5 Å². The van der Waals surface area contributed by atoms with Gasteiger partial charge >= 0.3 is 0 Å². The standard InChI is InChI=1S/C21H22N8O2/c1-30-21-20(15-7-18(29-28-15)27-19-10-24-12(8-22)9-25-19)17(31-16-5-4-13(16)23)6-14(26-21)11-2-3-11/h6-7,9-11,13,16H,2-5,23H2,1H3,(H2,25,27,28,29)/t13-,16+/m1/s1. The molecule has 0 aromatic carbocycles. The summed E-state index contributed by atoms with van der Waals surface area (Å²) in [7, 11) is 1.60. The van der Waals surface area contributed by atoms with Crippen molar-refractivity contribution >= 4 is 11.6 Å². The number of nitrogens with one attached hydrogen (secondary N) is 2. The first-order chi connectivity index (χ1) is 15.1. The van der Waals surface area contributed by atoms with Crippen LogP contribution in [0, 0.1) is 11.3 Å².